The van der Waals surface area contributed by atoms with Gasteiger partial charge in [0.25, 0.3) is 0 Å². The second-order valence-electron chi connectivity index (χ2n) is 16.5. The van der Waals surface area contributed by atoms with Crippen LogP contribution in [0.4, 0.5) is 0 Å². The molecule has 2 aliphatic heterocycles. The summed E-state index contributed by atoms with van der Waals surface area (Å²) in [5, 5.41) is 7.17. The fourth-order valence-corrected chi connectivity index (χ4v) is 11.6. The van der Waals surface area contributed by atoms with E-state index in [0.717, 1.165) is 61.3 Å². The number of pyridine rings is 1. The van der Waals surface area contributed by atoms with Gasteiger partial charge in [0.2, 0.25) is 0 Å². The molecule has 1 aromatic heterocycles. The third-order valence-electron chi connectivity index (χ3n) is 13.2. The average Bonchev–Trinajstić information content (AvgIpc) is 3.62. The third-order valence-corrected chi connectivity index (χ3v) is 14.3. The van der Waals surface area contributed by atoms with Crippen LogP contribution >= 0.6 is 11.8 Å². The average molecular weight is 808 g/mol. The summed E-state index contributed by atoms with van der Waals surface area (Å²) in [6.45, 7) is 0. The molecule has 62 heavy (non-hydrogen) atoms. The van der Waals surface area contributed by atoms with E-state index in [2.05, 4.69) is 212 Å². The van der Waals surface area contributed by atoms with Gasteiger partial charge < -0.3 is 5.32 Å². The summed E-state index contributed by atoms with van der Waals surface area (Å²) < 4.78 is 0. The van der Waals surface area contributed by atoms with Crippen molar-refractivity contribution in [1.82, 2.24) is 10.3 Å². The van der Waals surface area contributed by atoms with Crippen molar-refractivity contribution in [1.29, 1.82) is 0 Å². The Morgan fingerprint density at radius 2 is 1.11 bits per heavy atom. The molecule has 2 aliphatic carbocycles. The molecule has 1 N–H and O–H groups in total. The lowest BCUT2D eigenvalue weighted by Crippen LogP contribution is -2.38. The van der Waals surface area contributed by atoms with E-state index in [1.807, 2.05) is 17.8 Å². The van der Waals surface area contributed by atoms with Crippen LogP contribution in [0.15, 0.2) is 233 Å². The van der Waals surface area contributed by atoms with Crippen LogP contribution in [0.5, 0.6) is 0 Å². The number of amidine groups is 1. The minimum Gasteiger partial charge on any atom is -0.359 e. The molecule has 0 saturated carbocycles. The normalized spacial score (nSPS) is 16.3. The molecule has 3 nitrogen and oxygen atoms in total. The van der Waals surface area contributed by atoms with Gasteiger partial charge >= 0.3 is 0 Å². The largest absolute Gasteiger partial charge is 0.359 e. The van der Waals surface area contributed by atoms with Crippen LogP contribution in [0.3, 0.4) is 0 Å². The predicted octanol–water partition coefficient (Wildman–Crippen LogP) is 13.8. The monoisotopic (exact) mass is 807 g/mol. The molecule has 8 aromatic carbocycles. The van der Waals surface area contributed by atoms with Gasteiger partial charge in [0, 0.05) is 42.8 Å². The first-order valence-corrected chi connectivity index (χ1v) is 22.1. The van der Waals surface area contributed by atoms with Crippen LogP contribution in [0.1, 0.15) is 33.4 Å². The van der Waals surface area contributed by atoms with Gasteiger partial charge in [-0.1, -0.05) is 194 Å². The molecule has 1 atom stereocenters. The number of nitrogens with one attached hydrogen (secondary N) is 1. The number of aromatic nitrogens is 1. The summed E-state index contributed by atoms with van der Waals surface area (Å²) in [7, 11) is 0. The van der Waals surface area contributed by atoms with E-state index in [9.17, 15) is 0 Å². The zero-order valence-corrected chi connectivity index (χ0v) is 34.4. The molecule has 1 spiro atoms. The molecule has 4 aliphatic rings. The Balaban J connectivity index is 0.997. The van der Waals surface area contributed by atoms with Gasteiger partial charge in [-0.2, -0.15) is 0 Å². The molecular formula is C58H37N3S. The van der Waals surface area contributed by atoms with Crippen LogP contribution in [0.25, 0.3) is 60.9 Å². The molecule has 4 heteroatoms. The maximum Gasteiger partial charge on any atom is 0.134 e. The van der Waals surface area contributed by atoms with Crippen LogP contribution < -0.4 is 5.32 Å². The number of rotatable bonds is 4. The summed E-state index contributed by atoms with van der Waals surface area (Å²) in [6, 6.07) is 68.9. The summed E-state index contributed by atoms with van der Waals surface area (Å²) in [5.41, 5.74) is 17.1. The fourth-order valence-electron chi connectivity index (χ4n) is 10.4. The Morgan fingerprint density at radius 1 is 0.468 bits per heavy atom. The maximum absolute atomic E-state index is 5.54. The van der Waals surface area contributed by atoms with Crippen LogP contribution in [-0.4, -0.2) is 16.9 Å². The molecule has 0 bridgehead atoms. The quantitative estimate of drug-likeness (QED) is 0.180. The van der Waals surface area contributed by atoms with Gasteiger partial charge in [0.05, 0.1) is 28.4 Å². The molecule has 3 heterocycles. The first kappa shape index (κ1) is 35.2. The van der Waals surface area contributed by atoms with Gasteiger partial charge in [-0.15, -0.1) is 0 Å². The molecule has 0 saturated heterocycles. The minimum absolute atomic E-state index is 0.0642. The van der Waals surface area contributed by atoms with Crippen LogP contribution in [-0.2, 0) is 5.41 Å². The smallest absolute Gasteiger partial charge is 0.134 e. The molecule has 0 amide bonds. The highest BCUT2D eigenvalue weighted by Crippen LogP contribution is 2.63. The molecule has 0 fully saturated rings. The summed E-state index contributed by atoms with van der Waals surface area (Å²) in [5.74, 6) is 0.886. The lowest BCUT2D eigenvalue weighted by atomic mass is 9.67. The predicted molar refractivity (Wildman–Crippen MR) is 257 cm³/mol. The van der Waals surface area contributed by atoms with E-state index in [1.54, 1.807) is 0 Å². The van der Waals surface area contributed by atoms with Gasteiger partial charge in [-0.25, -0.2) is 9.98 Å². The van der Waals surface area contributed by atoms with E-state index in [1.165, 1.54) is 54.1 Å². The first-order valence-electron chi connectivity index (χ1n) is 21.3. The standard InChI is InChI=1S/C58H37N3S/c1-3-15-37(16-4-1)56-46-34-45-41-19-7-9-21-47(41)58(48-22-10-13-25-53(48)62-54-26-14-11-23-49(54)58)50(45)35-44(46)42-32-31-40(33-52(42)59-56)36-27-29-38(30-28-36)55-43-20-8-12-24-51(43)60-57(61-55)39-17-5-2-6-18-39/h1-35,51H,(H,60,61). The zero-order chi connectivity index (χ0) is 40.8. The van der Waals surface area contributed by atoms with Gasteiger partial charge in [0.1, 0.15) is 5.84 Å². The van der Waals surface area contributed by atoms with Crippen molar-refractivity contribution in [3.63, 3.8) is 0 Å². The lowest BCUT2D eigenvalue weighted by Gasteiger charge is -2.39. The van der Waals surface area contributed by atoms with Crippen molar-refractivity contribution in [2.75, 3.05) is 0 Å². The fraction of sp³-hybridized carbons (Fsp3) is 0.0345. The van der Waals surface area contributed by atoms with Gasteiger partial charge in [-0.05, 0) is 80.2 Å². The summed E-state index contributed by atoms with van der Waals surface area (Å²) in [4.78, 5) is 13.4. The van der Waals surface area contributed by atoms with Gasteiger partial charge in [-0.3, -0.25) is 0 Å². The van der Waals surface area contributed by atoms with Crippen molar-refractivity contribution in [3.8, 4) is 33.5 Å². The molecule has 290 valence electrons. The number of allylic oxidation sites excluding steroid dienone is 2. The van der Waals surface area contributed by atoms with E-state index < -0.39 is 5.41 Å². The number of aliphatic imine (C=N–C) groups is 1. The van der Waals surface area contributed by atoms with Crippen LogP contribution in [0.2, 0.25) is 0 Å². The second-order valence-corrected chi connectivity index (χ2v) is 17.5. The Hall–Kier alpha value is -7.53. The first-order chi connectivity index (χ1) is 30.7. The topological polar surface area (TPSA) is 37.3 Å². The number of benzene rings is 8. The van der Waals surface area contributed by atoms with Crippen molar-refractivity contribution in [2.24, 2.45) is 4.99 Å². The molecule has 13 rings (SSSR count). The Morgan fingerprint density at radius 3 is 1.87 bits per heavy atom. The van der Waals surface area contributed by atoms with E-state index in [0.29, 0.717) is 0 Å². The highest BCUT2D eigenvalue weighted by Gasteiger charge is 2.50. The van der Waals surface area contributed by atoms with Crippen LogP contribution in [0, 0.1) is 0 Å². The van der Waals surface area contributed by atoms with E-state index in [-0.39, 0.29) is 6.04 Å². The number of fused-ring (bicyclic) bond motifs is 13. The molecule has 9 aromatic rings. The third kappa shape index (κ3) is 5.20. The molecule has 0 radical (unpaired) electrons. The van der Waals surface area contributed by atoms with Crippen molar-refractivity contribution < 1.29 is 0 Å². The number of hydrogen-bond acceptors (Lipinski definition) is 4. The second kappa shape index (κ2) is 13.8. The Labute approximate surface area is 364 Å². The highest BCUT2D eigenvalue weighted by molar-refractivity contribution is 7.99. The van der Waals surface area contributed by atoms with Crippen molar-refractivity contribution in [2.45, 2.75) is 21.2 Å². The summed E-state index contributed by atoms with van der Waals surface area (Å²) in [6.07, 6.45) is 8.58. The molecular weight excluding hydrogens is 771 g/mol. The van der Waals surface area contributed by atoms with E-state index in [4.69, 9.17) is 9.98 Å². The van der Waals surface area contributed by atoms with Crippen molar-refractivity contribution in [3.05, 3.63) is 251 Å². The highest BCUT2D eigenvalue weighted by atomic mass is 32.2. The van der Waals surface area contributed by atoms with Gasteiger partial charge in [0.15, 0.2) is 0 Å². The number of nitrogens with zero attached hydrogens (tertiary/aromatic N) is 2. The number of hydrogen-bond donors (Lipinski definition) is 1. The Kier molecular flexibility index (Phi) is 7.82. The molecule has 1 unspecified atom stereocenters. The van der Waals surface area contributed by atoms with E-state index >= 15 is 0 Å². The summed E-state index contributed by atoms with van der Waals surface area (Å²) >= 11 is 1.88. The zero-order valence-electron chi connectivity index (χ0n) is 33.6. The minimum atomic E-state index is -0.455. The van der Waals surface area contributed by atoms with Crippen molar-refractivity contribution >= 4 is 45.0 Å². The Bertz CT molecular complexity index is 3410. The maximum atomic E-state index is 5.54. The lowest BCUT2D eigenvalue weighted by molar-refractivity contribution is 0.723. The SMILES string of the molecule is C1=CC2=C(c3ccc(-c4ccc5c(c4)nc(-c4ccccc4)c4cc6c(cc45)C4(c5ccccc5Sc5ccccc54)c4ccccc4-6)cc3)N=C(c3ccccc3)NC2C=C1.